The molecule has 0 aliphatic rings. The van der Waals surface area contributed by atoms with Crippen molar-refractivity contribution in [3.05, 3.63) is 0 Å². The molecule has 0 aromatic rings. The molecule has 1 unspecified atom stereocenters. The van der Waals surface area contributed by atoms with Gasteiger partial charge in [0.1, 0.15) is 13.2 Å². The van der Waals surface area contributed by atoms with E-state index in [-0.39, 0.29) is 31.4 Å². The van der Waals surface area contributed by atoms with Crippen molar-refractivity contribution in [2.24, 2.45) is 16.8 Å². The van der Waals surface area contributed by atoms with E-state index in [1.165, 1.54) is 13.8 Å². The average molecular weight is 276 g/mol. The molecule has 0 fully saturated rings. The highest BCUT2D eigenvalue weighted by Crippen LogP contribution is 2.00. The van der Waals surface area contributed by atoms with Gasteiger partial charge in [-0.15, -0.1) is 0 Å². The van der Waals surface area contributed by atoms with Crippen LogP contribution in [0.4, 0.5) is 4.79 Å². The van der Waals surface area contributed by atoms with E-state index in [1.54, 1.807) is 6.92 Å². The lowest BCUT2D eigenvalue weighted by Crippen LogP contribution is -2.48. The number of hydrogen-bond donors (Lipinski definition) is 2. The topological polar surface area (TPSA) is 129 Å². The molecule has 110 valence electrons. The first-order chi connectivity index (χ1) is 8.92. The lowest BCUT2D eigenvalue weighted by molar-refractivity contribution is -0.120. The highest BCUT2D eigenvalue weighted by Gasteiger charge is 2.19. The second-order valence-electron chi connectivity index (χ2n) is 3.55. The Hall–Kier alpha value is -1.87. The van der Waals surface area contributed by atoms with Gasteiger partial charge < -0.3 is 20.1 Å². The molecule has 0 saturated carbocycles. The van der Waals surface area contributed by atoms with E-state index in [0.29, 0.717) is 0 Å². The monoisotopic (exact) mass is 276 g/mol. The second kappa shape index (κ2) is 9.11. The van der Waals surface area contributed by atoms with Crippen molar-refractivity contribution in [3.8, 4) is 0 Å². The van der Waals surface area contributed by atoms with E-state index in [2.05, 4.69) is 9.84 Å². The van der Waals surface area contributed by atoms with Crippen LogP contribution in [-0.2, 0) is 19.0 Å². The molecule has 0 rings (SSSR count). The molecule has 0 bridgehead atoms. The van der Waals surface area contributed by atoms with Crippen LogP contribution < -0.4 is 11.7 Å². The van der Waals surface area contributed by atoms with Crippen LogP contribution in [0.1, 0.15) is 20.8 Å². The predicted molar refractivity (Wildman–Crippen MR) is 66.7 cm³/mol. The largest absolute Gasteiger partial charge is 0.510 e. The number of hydrazone groups is 1. The zero-order valence-electron chi connectivity index (χ0n) is 11.3. The molecule has 4 N–H and O–H groups in total. The summed E-state index contributed by atoms with van der Waals surface area (Å²) in [5.41, 5.74) is 0. The summed E-state index contributed by atoms with van der Waals surface area (Å²) in [6, 6.07) is 0. The average Bonchev–Trinajstić information content (AvgIpc) is 2.33. The fourth-order valence-corrected chi connectivity index (χ4v) is 1.02. The smallest absolute Gasteiger partial charge is 0.435 e. The first-order valence-electron chi connectivity index (χ1n) is 5.63. The first-order valence-corrected chi connectivity index (χ1v) is 5.63. The van der Waals surface area contributed by atoms with Gasteiger partial charge in [0, 0.05) is 0 Å². The van der Waals surface area contributed by atoms with Gasteiger partial charge in [0.2, 0.25) is 0 Å². The zero-order valence-corrected chi connectivity index (χ0v) is 11.3. The van der Waals surface area contributed by atoms with Gasteiger partial charge in [-0.3, -0.25) is 9.80 Å². The lowest BCUT2D eigenvalue weighted by atomic mass is 10.5. The van der Waals surface area contributed by atoms with Gasteiger partial charge in [0.05, 0.1) is 6.61 Å². The number of carbonyl (C=O) groups is 2. The van der Waals surface area contributed by atoms with Crippen molar-refractivity contribution >= 4 is 17.8 Å². The third kappa shape index (κ3) is 7.21. The van der Waals surface area contributed by atoms with Crippen LogP contribution in [0.2, 0.25) is 0 Å². The van der Waals surface area contributed by atoms with Gasteiger partial charge in [0.25, 0.3) is 0 Å². The fourth-order valence-electron chi connectivity index (χ4n) is 1.02. The zero-order chi connectivity index (χ0) is 14.8. The van der Waals surface area contributed by atoms with Crippen molar-refractivity contribution in [2.75, 3.05) is 19.8 Å². The molecule has 9 nitrogen and oxygen atoms in total. The number of nitrogens with two attached hydrogens (primary N) is 2. The van der Waals surface area contributed by atoms with E-state index >= 15 is 0 Å². The summed E-state index contributed by atoms with van der Waals surface area (Å²) in [7, 11) is 0. The number of rotatable bonds is 7. The van der Waals surface area contributed by atoms with Crippen molar-refractivity contribution < 1.29 is 23.8 Å². The maximum atomic E-state index is 11.1. The molecule has 9 heteroatoms. The third-order valence-electron chi connectivity index (χ3n) is 1.90. The van der Waals surface area contributed by atoms with E-state index in [0.717, 1.165) is 5.01 Å². The van der Waals surface area contributed by atoms with E-state index < -0.39 is 12.4 Å². The Morgan fingerprint density at radius 2 is 2.00 bits per heavy atom. The van der Waals surface area contributed by atoms with E-state index in [4.69, 9.17) is 21.2 Å². The number of ketones is 1. The fraction of sp³-hybridized carbons (Fsp3) is 0.700. The predicted octanol–water partition coefficient (Wildman–Crippen LogP) is -0.441. The summed E-state index contributed by atoms with van der Waals surface area (Å²) >= 11 is 0. The van der Waals surface area contributed by atoms with Crippen LogP contribution in [0.15, 0.2) is 5.10 Å². The Balaban J connectivity index is 4.29. The number of ether oxygens (including phenoxy) is 3. The molecule has 0 spiro atoms. The molecular weight excluding hydrogens is 256 g/mol. The van der Waals surface area contributed by atoms with Gasteiger partial charge in [-0.2, -0.15) is 5.10 Å². The molecule has 0 radical (unpaired) electrons. The van der Waals surface area contributed by atoms with Crippen LogP contribution >= 0.6 is 0 Å². The summed E-state index contributed by atoms with van der Waals surface area (Å²) in [6.07, 6.45) is -1.70. The van der Waals surface area contributed by atoms with E-state index in [9.17, 15) is 9.59 Å². The van der Waals surface area contributed by atoms with Gasteiger partial charge in [-0.1, -0.05) is 0 Å². The number of nitrogens with zero attached hydrogens (tertiary/aromatic N) is 2. The molecule has 1 atom stereocenters. The Bertz CT molecular complexity index is 334. The van der Waals surface area contributed by atoms with Crippen LogP contribution in [0.5, 0.6) is 0 Å². The first kappa shape index (κ1) is 17.1. The Kier molecular flexibility index (Phi) is 8.22. The summed E-state index contributed by atoms with van der Waals surface area (Å²) < 4.78 is 14.5. The maximum absolute atomic E-state index is 11.1. The molecule has 19 heavy (non-hydrogen) atoms. The minimum absolute atomic E-state index is 0.0803. The van der Waals surface area contributed by atoms with Crippen LogP contribution in [-0.4, -0.2) is 48.8 Å². The second-order valence-corrected chi connectivity index (χ2v) is 3.55. The number of hydrogen-bond acceptors (Lipinski definition) is 8. The molecule has 0 aliphatic heterocycles. The molecule has 0 amide bonds. The third-order valence-corrected chi connectivity index (χ3v) is 1.90. The molecular formula is C10H20N4O5. The van der Waals surface area contributed by atoms with Crippen LogP contribution in [0, 0.1) is 0 Å². The van der Waals surface area contributed by atoms with Crippen molar-refractivity contribution in [1.82, 2.24) is 5.01 Å². The number of Topliss-reactive ketones (excluding diaryl/α,β-unsaturated/α-hetero) is 1. The van der Waals surface area contributed by atoms with Gasteiger partial charge in [-0.25, -0.2) is 10.6 Å². The summed E-state index contributed by atoms with van der Waals surface area (Å²) in [5.74, 6) is 10.8. The minimum Gasteiger partial charge on any atom is -0.435 e. The van der Waals surface area contributed by atoms with Crippen LogP contribution in [0.25, 0.3) is 0 Å². The Labute approximate surface area is 111 Å². The minimum atomic E-state index is -0.855. The number of amidine groups is 1. The standard InChI is InChI=1S/C10H20N4O5/c1-4-18-10(16)19-8(3)14(12)9(13-11)6-17-5-7(2)15/h8H,4-6,11-12H2,1-3H3/b13-9-. The number of carbonyl (C=O) groups excluding carboxylic acids is 2. The molecule has 0 aromatic carbocycles. The Morgan fingerprint density at radius 3 is 2.47 bits per heavy atom. The SMILES string of the molecule is CCOC(=O)OC(C)N(N)/C(COCC(C)=O)=N\N. The van der Waals surface area contributed by atoms with E-state index in [1.807, 2.05) is 0 Å². The summed E-state index contributed by atoms with van der Waals surface area (Å²) in [6.45, 7) is 4.56. The highest BCUT2D eigenvalue weighted by molar-refractivity contribution is 5.83. The maximum Gasteiger partial charge on any atom is 0.510 e. The lowest BCUT2D eigenvalue weighted by Gasteiger charge is -2.25. The quantitative estimate of drug-likeness (QED) is 0.160. The molecule has 0 aromatic heterocycles. The van der Waals surface area contributed by atoms with Crippen LogP contribution in [0.3, 0.4) is 0 Å². The summed E-state index contributed by atoms with van der Waals surface area (Å²) in [4.78, 5) is 21.8. The highest BCUT2D eigenvalue weighted by atomic mass is 16.7. The molecule has 0 saturated heterocycles. The Morgan fingerprint density at radius 1 is 1.37 bits per heavy atom. The van der Waals surface area contributed by atoms with Crippen molar-refractivity contribution in [1.29, 1.82) is 0 Å². The van der Waals surface area contributed by atoms with Crippen molar-refractivity contribution in [3.63, 3.8) is 0 Å². The molecule has 0 aliphatic carbocycles. The van der Waals surface area contributed by atoms with Gasteiger partial charge in [0.15, 0.2) is 17.8 Å². The summed E-state index contributed by atoms with van der Waals surface area (Å²) in [5, 5.41) is 4.42. The van der Waals surface area contributed by atoms with Gasteiger partial charge in [-0.05, 0) is 20.8 Å². The van der Waals surface area contributed by atoms with Gasteiger partial charge >= 0.3 is 6.16 Å². The molecule has 0 heterocycles. The number of hydrazine groups is 1. The van der Waals surface area contributed by atoms with Crippen molar-refractivity contribution in [2.45, 2.75) is 27.0 Å². The normalized spacial score (nSPS) is 12.7.